The Balaban J connectivity index is 2.13. The van der Waals surface area contributed by atoms with Crippen LogP contribution in [-0.2, 0) is 0 Å². The number of hydrogen-bond donors (Lipinski definition) is 3. The molecule has 3 N–H and O–H groups in total. The number of carbonyl (C=O) groups excluding carboxylic acids is 1. The lowest BCUT2D eigenvalue weighted by molar-refractivity contribution is 0.0915. The molecule has 1 atom stereocenters. The molecule has 0 saturated carbocycles. The lowest BCUT2D eigenvalue weighted by atomic mass is 10.1. The van der Waals surface area contributed by atoms with Crippen molar-refractivity contribution < 1.29 is 15.0 Å². The van der Waals surface area contributed by atoms with Gasteiger partial charge in [-0.2, -0.15) is 0 Å². The molecule has 0 radical (unpaired) electrons. The van der Waals surface area contributed by atoms with Crippen LogP contribution < -0.4 is 5.32 Å². The van der Waals surface area contributed by atoms with Crippen LogP contribution in [0.1, 0.15) is 22.0 Å². The van der Waals surface area contributed by atoms with E-state index >= 15 is 0 Å². The third-order valence-electron chi connectivity index (χ3n) is 2.68. The SMILES string of the molecule is O=C(N[C@H](CO)c1ccccc1)c1cncc(O)c1. The summed E-state index contributed by atoms with van der Waals surface area (Å²) in [4.78, 5) is 15.7. The Morgan fingerprint density at radius 1 is 1.26 bits per heavy atom. The number of nitrogens with zero attached hydrogens (tertiary/aromatic N) is 1. The molecule has 0 aliphatic heterocycles. The summed E-state index contributed by atoms with van der Waals surface area (Å²) in [5.41, 5.74) is 1.06. The summed E-state index contributed by atoms with van der Waals surface area (Å²) in [5, 5.41) is 21.3. The van der Waals surface area contributed by atoms with Crippen molar-refractivity contribution in [3.8, 4) is 5.75 Å². The maximum atomic E-state index is 12.0. The molecule has 19 heavy (non-hydrogen) atoms. The number of aliphatic hydroxyl groups is 1. The van der Waals surface area contributed by atoms with Gasteiger partial charge < -0.3 is 15.5 Å². The number of carbonyl (C=O) groups is 1. The van der Waals surface area contributed by atoms with E-state index in [4.69, 9.17) is 0 Å². The summed E-state index contributed by atoms with van der Waals surface area (Å²) in [6.45, 7) is -0.206. The number of aliphatic hydroxyl groups excluding tert-OH is 1. The van der Waals surface area contributed by atoms with Gasteiger partial charge in [-0.3, -0.25) is 9.78 Å². The van der Waals surface area contributed by atoms with Gasteiger partial charge in [-0.15, -0.1) is 0 Å². The minimum absolute atomic E-state index is 0.0760. The van der Waals surface area contributed by atoms with Gasteiger partial charge in [-0.25, -0.2) is 0 Å². The molecule has 1 aromatic heterocycles. The highest BCUT2D eigenvalue weighted by molar-refractivity contribution is 5.94. The molecular formula is C14H14N2O3. The molecule has 0 spiro atoms. The van der Waals surface area contributed by atoms with E-state index in [1.54, 1.807) is 0 Å². The molecule has 1 heterocycles. The van der Waals surface area contributed by atoms with E-state index in [0.29, 0.717) is 0 Å². The van der Waals surface area contributed by atoms with Crippen LogP contribution in [0.5, 0.6) is 5.75 Å². The number of nitrogens with one attached hydrogen (secondary N) is 1. The monoisotopic (exact) mass is 258 g/mol. The van der Waals surface area contributed by atoms with Crippen LogP contribution in [0.15, 0.2) is 48.8 Å². The smallest absolute Gasteiger partial charge is 0.253 e. The Morgan fingerprint density at radius 2 is 2.00 bits per heavy atom. The van der Waals surface area contributed by atoms with Crippen LogP contribution in [0, 0.1) is 0 Å². The Bertz CT molecular complexity index is 558. The fraction of sp³-hybridized carbons (Fsp3) is 0.143. The third-order valence-corrected chi connectivity index (χ3v) is 2.68. The lowest BCUT2D eigenvalue weighted by Crippen LogP contribution is -2.30. The number of amides is 1. The van der Waals surface area contributed by atoms with E-state index in [2.05, 4.69) is 10.3 Å². The second-order valence-electron chi connectivity index (χ2n) is 4.05. The van der Waals surface area contributed by atoms with Gasteiger partial charge in [0.05, 0.1) is 24.4 Å². The quantitative estimate of drug-likeness (QED) is 0.770. The van der Waals surface area contributed by atoms with E-state index in [1.807, 2.05) is 30.3 Å². The van der Waals surface area contributed by atoms with Gasteiger partial charge in [0.15, 0.2) is 0 Å². The third kappa shape index (κ3) is 3.29. The molecular weight excluding hydrogens is 244 g/mol. The second kappa shape index (κ2) is 5.97. The Hall–Kier alpha value is -2.40. The molecule has 2 rings (SSSR count). The van der Waals surface area contributed by atoms with E-state index in [-0.39, 0.29) is 17.9 Å². The number of benzene rings is 1. The standard InChI is InChI=1S/C14H14N2O3/c17-9-13(10-4-2-1-3-5-10)16-14(19)11-6-12(18)8-15-7-11/h1-8,13,17-18H,9H2,(H,16,19)/t13-/m1/s1. The molecule has 2 aromatic rings. The van der Waals surface area contributed by atoms with Crippen molar-refractivity contribution in [2.45, 2.75) is 6.04 Å². The van der Waals surface area contributed by atoms with Gasteiger partial charge >= 0.3 is 0 Å². The van der Waals surface area contributed by atoms with Crippen molar-refractivity contribution in [2.75, 3.05) is 6.61 Å². The molecule has 5 heteroatoms. The fourth-order valence-corrected chi connectivity index (χ4v) is 1.71. The van der Waals surface area contributed by atoms with E-state index in [1.165, 1.54) is 18.5 Å². The second-order valence-corrected chi connectivity index (χ2v) is 4.05. The zero-order chi connectivity index (χ0) is 13.7. The molecule has 0 unspecified atom stereocenters. The molecule has 5 nitrogen and oxygen atoms in total. The summed E-state index contributed by atoms with van der Waals surface area (Å²) < 4.78 is 0. The summed E-state index contributed by atoms with van der Waals surface area (Å²) in [7, 11) is 0. The molecule has 0 aliphatic rings. The van der Waals surface area contributed by atoms with Crippen molar-refractivity contribution in [3.63, 3.8) is 0 Å². The van der Waals surface area contributed by atoms with Gasteiger partial charge in [0.2, 0.25) is 0 Å². The number of aromatic hydroxyl groups is 1. The predicted molar refractivity (Wildman–Crippen MR) is 69.6 cm³/mol. The number of pyridine rings is 1. The molecule has 1 amide bonds. The number of hydrogen-bond acceptors (Lipinski definition) is 4. The van der Waals surface area contributed by atoms with Gasteiger partial charge in [-0.1, -0.05) is 30.3 Å². The lowest BCUT2D eigenvalue weighted by Gasteiger charge is -2.16. The maximum Gasteiger partial charge on any atom is 0.253 e. The van der Waals surface area contributed by atoms with Crippen LogP contribution in [0.2, 0.25) is 0 Å². The zero-order valence-corrected chi connectivity index (χ0v) is 10.2. The Labute approximate surface area is 110 Å². The van der Waals surface area contributed by atoms with Crippen molar-refractivity contribution in [1.82, 2.24) is 10.3 Å². The van der Waals surface area contributed by atoms with Crippen molar-refractivity contribution >= 4 is 5.91 Å². The average molecular weight is 258 g/mol. The molecule has 98 valence electrons. The average Bonchev–Trinajstić information content (AvgIpc) is 2.45. The summed E-state index contributed by atoms with van der Waals surface area (Å²) in [5.74, 6) is -0.473. The highest BCUT2D eigenvalue weighted by Gasteiger charge is 2.15. The van der Waals surface area contributed by atoms with Gasteiger partial charge in [0.1, 0.15) is 5.75 Å². The number of aromatic nitrogens is 1. The normalized spacial score (nSPS) is 11.8. The predicted octanol–water partition coefficient (Wildman–Crippen LogP) is 1.25. The largest absolute Gasteiger partial charge is 0.506 e. The minimum atomic E-state index is -0.490. The van der Waals surface area contributed by atoms with Crippen LogP contribution in [0.25, 0.3) is 0 Å². The maximum absolute atomic E-state index is 12.0. The fourth-order valence-electron chi connectivity index (χ4n) is 1.71. The van der Waals surface area contributed by atoms with Crippen LogP contribution in [0.4, 0.5) is 0 Å². The molecule has 0 fully saturated rings. The first kappa shape index (κ1) is 13.0. The Kier molecular flexibility index (Phi) is 4.10. The van der Waals surface area contributed by atoms with Gasteiger partial charge in [0, 0.05) is 6.20 Å². The van der Waals surface area contributed by atoms with E-state index in [9.17, 15) is 15.0 Å². The van der Waals surface area contributed by atoms with Gasteiger partial charge in [0.25, 0.3) is 5.91 Å². The highest BCUT2D eigenvalue weighted by Crippen LogP contribution is 2.14. The molecule has 0 aliphatic carbocycles. The summed E-state index contributed by atoms with van der Waals surface area (Å²) >= 11 is 0. The molecule has 0 bridgehead atoms. The van der Waals surface area contributed by atoms with E-state index < -0.39 is 11.9 Å². The first-order chi connectivity index (χ1) is 9.20. The van der Waals surface area contributed by atoms with Crippen molar-refractivity contribution in [3.05, 3.63) is 59.9 Å². The van der Waals surface area contributed by atoms with E-state index in [0.717, 1.165) is 5.56 Å². The summed E-state index contributed by atoms with van der Waals surface area (Å²) in [6.07, 6.45) is 2.60. The van der Waals surface area contributed by atoms with Crippen LogP contribution >= 0.6 is 0 Å². The van der Waals surface area contributed by atoms with Crippen LogP contribution in [0.3, 0.4) is 0 Å². The first-order valence-corrected chi connectivity index (χ1v) is 5.81. The molecule has 0 saturated heterocycles. The van der Waals surface area contributed by atoms with Crippen molar-refractivity contribution in [2.24, 2.45) is 0 Å². The zero-order valence-electron chi connectivity index (χ0n) is 10.2. The van der Waals surface area contributed by atoms with Crippen molar-refractivity contribution in [1.29, 1.82) is 0 Å². The number of rotatable bonds is 4. The molecule has 1 aromatic carbocycles. The Morgan fingerprint density at radius 3 is 2.63 bits per heavy atom. The summed E-state index contributed by atoms with van der Waals surface area (Å²) in [6, 6.07) is 10.0. The topological polar surface area (TPSA) is 82.5 Å². The minimum Gasteiger partial charge on any atom is -0.506 e. The highest BCUT2D eigenvalue weighted by atomic mass is 16.3. The first-order valence-electron chi connectivity index (χ1n) is 5.81. The van der Waals surface area contributed by atoms with Crippen LogP contribution in [-0.4, -0.2) is 27.7 Å². The van der Waals surface area contributed by atoms with Gasteiger partial charge in [-0.05, 0) is 11.6 Å².